The molecule has 1 aromatic heterocycles. The number of amides is 1. The van der Waals surface area contributed by atoms with Crippen molar-refractivity contribution in [3.8, 4) is 0 Å². The van der Waals surface area contributed by atoms with Crippen molar-refractivity contribution in [2.24, 2.45) is 5.73 Å². The third kappa shape index (κ3) is 4.85. The van der Waals surface area contributed by atoms with Gasteiger partial charge in [-0.25, -0.2) is 18.2 Å². The van der Waals surface area contributed by atoms with Crippen molar-refractivity contribution in [1.29, 1.82) is 0 Å². The first-order valence-corrected chi connectivity index (χ1v) is 9.33. The van der Waals surface area contributed by atoms with Crippen LogP contribution in [0, 0.1) is 17.5 Å². The lowest BCUT2D eigenvalue weighted by Gasteiger charge is -2.37. The van der Waals surface area contributed by atoms with Gasteiger partial charge < -0.3 is 19.9 Å². The van der Waals surface area contributed by atoms with Gasteiger partial charge in [-0.2, -0.15) is 13.2 Å². The second-order valence-electron chi connectivity index (χ2n) is 7.24. The van der Waals surface area contributed by atoms with Crippen molar-refractivity contribution >= 4 is 5.91 Å². The minimum Gasteiger partial charge on any atom is -0.382 e. The van der Waals surface area contributed by atoms with Gasteiger partial charge >= 0.3 is 6.18 Å². The average Bonchev–Trinajstić information content (AvgIpc) is 3.11. The summed E-state index contributed by atoms with van der Waals surface area (Å²) in [5.41, 5.74) is 5.91. The van der Waals surface area contributed by atoms with Gasteiger partial charge in [-0.05, 0) is 18.1 Å². The SMILES string of the molecule is COCC1c2cnc(C(F)(F)F)n2CCN1C(=O)C[C@H](N)Cc1cc(F)c(F)cc1F. The first kappa shape index (κ1) is 23.1. The molecule has 31 heavy (non-hydrogen) atoms. The molecule has 1 aliphatic heterocycles. The van der Waals surface area contributed by atoms with E-state index in [0.717, 1.165) is 10.8 Å². The van der Waals surface area contributed by atoms with Crippen LogP contribution >= 0.6 is 0 Å². The van der Waals surface area contributed by atoms with E-state index in [1.807, 2.05) is 0 Å². The van der Waals surface area contributed by atoms with Crippen molar-refractivity contribution in [3.63, 3.8) is 0 Å². The number of alkyl halides is 3. The Morgan fingerprint density at radius 2 is 1.90 bits per heavy atom. The number of halogens is 6. The second-order valence-corrected chi connectivity index (χ2v) is 7.24. The maximum atomic E-state index is 13.8. The Balaban J connectivity index is 1.75. The number of hydrogen-bond donors (Lipinski definition) is 1. The van der Waals surface area contributed by atoms with Gasteiger partial charge in [-0.3, -0.25) is 4.79 Å². The molecule has 2 N–H and O–H groups in total. The predicted molar refractivity (Wildman–Crippen MR) is 96.2 cm³/mol. The quantitative estimate of drug-likeness (QED) is 0.543. The molecule has 3 rings (SSSR count). The smallest absolute Gasteiger partial charge is 0.382 e. The molecule has 0 aliphatic carbocycles. The van der Waals surface area contributed by atoms with Crippen LogP contribution in [0.1, 0.15) is 29.5 Å². The minimum absolute atomic E-state index is 0.0362. The van der Waals surface area contributed by atoms with Gasteiger partial charge in [0.25, 0.3) is 0 Å². The summed E-state index contributed by atoms with van der Waals surface area (Å²) in [6.45, 7) is -0.226. The van der Waals surface area contributed by atoms with E-state index in [1.165, 1.54) is 12.0 Å². The largest absolute Gasteiger partial charge is 0.449 e. The van der Waals surface area contributed by atoms with E-state index in [0.29, 0.717) is 12.1 Å². The van der Waals surface area contributed by atoms with Crippen LogP contribution in [0.4, 0.5) is 26.3 Å². The van der Waals surface area contributed by atoms with Crippen LogP contribution < -0.4 is 5.73 Å². The average molecular weight is 450 g/mol. The molecule has 2 heterocycles. The fourth-order valence-corrected chi connectivity index (χ4v) is 3.69. The topological polar surface area (TPSA) is 73.4 Å². The highest BCUT2D eigenvalue weighted by Gasteiger charge is 2.41. The molecule has 0 saturated heterocycles. The third-order valence-corrected chi connectivity index (χ3v) is 5.08. The number of fused-ring (bicyclic) bond motifs is 1. The normalized spacial score (nSPS) is 17.5. The van der Waals surface area contributed by atoms with Gasteiger partial charge in [0.15, 0.2) is 11.6 Å². The van der Waals surface area contributed by atoms with E-state index in [9.17, 15) is 31.1 Å². The second kappa shape index (κ2) is 8.87. The van der Waals surface area contributed by atoms with E-state index >= 15 is 0 Å². The molecule has 0 fully saturated rings. The van der Waals surface area contributed by atoms with Crippen LogP contribution in [0.5, 0.6) is 0 Å². The zero-order chi connectivity index (χ0) is 22.9. The number of benzene rings is 1. The first-order chi connectivity index (χ1) is 14.5. The Morgan fingerprint density at radius 1 is 1.23 bits per heavy atom. The van der Waals surface area contributed by atoms with Gasteiger partial charge in [0.05, 0.1) is 24.5 Å². The lowest BCUT2D eigenvalue weighted by molar-refractivity contribution is -0.148. The van der Waals surface area contributed by atoms with Crippen LogP contribution in [0.3, 0.4) is 0 Å². The summed E-state index contributed by atoms with van der Waals surface area (Å²) in [4.78, 5) is 17.6. The number of ether oxygens (including phenoxy) is 1. The van der Waals surface area contributed by atoms with Crippen molar-refractivity contribution in [1.82, 2.24) is 14.5 Å². The van der Waals surface area contributed by atoms with Crippen molar-refractivity contribution in [3.05, 3.63) is 52.9 Å². The van der Waals surface area contributed by atoms with Crippen LogP contribution in [0.15, 0.2) is 18.3 Å². The summed E-state index contributed by atoms with van der Waals surface area (Å²) in [6.07, 6.45) is -4.09. The number of aromatic nitrogens is 2. The zero-order valence-electron chi connectivity index (χ0n) is 16.4. The Labute approximate surface area is 173 Å². The van der Waals surface area contributed by atoms with Gasteiger partial charge in [-0.15, -0.1) is 0 Å². The first-order valence-electron chi connectivity index (χ1n) is 9.33. The van der Waals surface area contributed by atoms with Crippen LogP contribution in [0.2, 0.25) is 0 Å². The molecule has 0 spiro atoms. The Morgan fingerprint density at radius 3 is 2.55 bits per heavy atom. The monoisotopic (exact) mass is 450 g/mol. The molecule has 1 aliphatic rings. The number of nitrogens with zero attached hydrogens (tertiary/aromatic N) is 3. The van der Waals surface area contributed by atoms with Gasteiger partial charge in [0, 0.05) is 38.7 Å². The number of carbonyl (C=O) groups excluding carboxylic acids is 1. The molecule has 12 heteroatoms. The number of methoxy groups -OCH3 is 1. The lowest BCUT2D eigenvalue weighted by atomic mass is 10.0. The van der Waals surface area contributed by atoms with Crippen molar-refractivity contribution in [2.45, 2.75) is 37.6 Å². The number of carbonyl (C=O) groups is 1. The molecular weight excluding hydrogens is 430 g/mol. The highest BCUT2D eigenvalue weighted by molar-refractivity contribution is 5.77. The third-order valence-electron chi connectivity index (χ3n) is 5.08. The number of hydrogen-bond acceptors (Lipinski definition) is 4. The minimum atomic E-state index is -4.64. The highest BCUT2D eigenvalue weighted by Crippen LogP contribution is 2.34. The Kier molecular flexibility index (Phi) is 6.60. The highest BCUT2D eigenvalue weighted by atomic mass is 19.4. The molecular formula is C19H20F6N4O2. The maximum absolute atomic E-state index is 13.8. The fraction of sp³-hybridized carbons (Fsp3) is 0.474. The number of nitrogens with two attached hydrogens (primary N) is 1. The molecule has 0 saturated carbocycles. The maximum Gasteiger partial charge on any atom is 0.449 e. The standard InChI is InChI=1S/C19H20F6N4O2/c1-31-9-16-15-8-27-18(19(23,24)25)29(15)3-2-28(16)17(30)6-11(26)4-10-5-13(21)14(22)7-12(10)20/h5,7-8,11,16H,2-4,6,9,26H2,1H3/t11-,16?/m1/s1. The van der Waals surface area contributed by atoms with E-state index in [2.05, 4.69) is 4.98 Å². The molecule has 170 valence electrons. The summed E-state index contributed by atoms with van der Waals surface area (Å²) < 4.78 is 85.8. The van der Waals surface area contributed by atoms with Crippen LogP contribution in [-0.2, 0) is 28.7 Å². The van der Waals surface area contributed by atoms with Crippen LogP contribution in [-0.4, -0.2) is 46.7 Å². The van der Waals surface area contributed by atoms with Gasteiger partial charge in [0.1, 0.15) is 5.82 Å². The summed E-state index contributed by atoms with van der Waals surface area (Å²) in [6, 6.07) is -0.659. The summed E-state index contributed by atoms with van der Waals surface area (Å²) in [7, 11) is 1.35. The predicted octanol–water partition coefficient (Wildman–Crippen LogP) is 2.81. The molecule has 1 aromatic carbocycles. The van der Waals surface area contributed by atoms with E-state index in [1.54, 1.807) is 0 Å². The Bertz CT molecular complexity index is 962. The molecule has 0 bridgehead atoms. The molecule has 1 amide bonds. The fourth-order valence-electron chi connectivity index (χ4n) is 3.69. The summed E-state index contributed by atoms with van der Waals surface area (Å²) in [5, 5.41) is 0. The summed E-state index contributed by atoms with van der Waals surface area (Å²) in [5.74, 6) is -5.10. The molecule has 6 nitrogen and oxygen atoms in total. The number of rotatable bonds is 6. The van der Waals surface area contributed by atoms with Crippen molar-refractivity contribution < 1.29 is 35.9 Å². The lowest BCUT2D eigenvalue weighted by Crippen LogP contribution is -2.46. The van der Waals surface area contributed by atoms with E-state index < -0.39 is 47.4 Å². The molecule has 1 unspecified atom stereocenters. The summed E-state index contributed by atoms with van der Waals surface area (Å²) >= 11 is 0. The molecule has 2 aromatic rings. The molecule has 0 radical (unpaired) electrons. The van der Waals surface area contributed by atoms with Crippen molar-refractivity contribution in [2.75, 3.05) is 20.3 Å². The Hall–Kier alpha value is -2.60. The van der Waals surface area contributed by atoms with Gasteiger partial charge in [0.2, 0.25) is 11.7 Å². The van der Waals surface area contributed by atoms with Gasteiger partial charge in [-0.1, -0.05) is 0 Å². The zero-order valence-corrected chi connectivity index (χ0v) is 16.4. The molecule has 2 atom stereocenters. The van der Waals surface area contributed by atoms with Crippen LogP contribution in [0.25, 0.3) is 0 Å². The van der Waals surface area contributed by atoms with E-state index in [-0.39, 0.29) is 43.8 Å². The number of imidazole rings is 1. The van der Waals surface area contributed by atoms with E-state index in [4.69, 9.17) is 10.5 Å².